The third-order valence-corrected chi connectivity index (χ3v) is 6.24. The largest absolute Gasteiger partial charge is 0.352 e. The molecule has 3 nitrogen and oxygen atoms in total. The number of aromatic nitrogens is 1. The molecule has 1 heterocycles. The lowest BCUT2D eigenvalue weighted by Crippen LogP contribution is -2.38. The van der Waals surface area contributed by atoms with E-state index in [1.807, 2.05) is 60.0 Å². The van der Waals surface area contributed by atoms with Crippen LogP contribution in [0.5, 0.6) is 0 Å². The summed E-state index contributed by atoms with van der Waals surface area (Å²) in [4.78, 5) is 17.5. The highest BCUT2D eigenvalue weighted by Gasteiger charge is 2.23. The molecule has 0 spiro atoms. The van der Waals surface area contributed by atoms with Crippen LogP contribution in [-0.4, -0.2) is 16.9 Å². The first-order chi connectivity index (χ1) is 15.2. The Labute approximate surface area is 187 Å². The normalized spacial score (nSPS) is 11.9. The van der Waals surface area contributed by atoms with Gasteiger partial charge in [-0.15, -0.1) is 11.3 Å². The molecule has 1 atom stereocenters. The molecule has 0 aliphatic rings. The van der Waals surface area contributed by atoms with Crippen LogP contribution in [0.2, 0.25) is 0 Å². The van der Waals surface area contributed by atoms with Crippen molar-refractivity contribution in [3.8, 4) is 0 Å². The maximum Gasteiger partial charge on any atom is 0.226 e. The van der Waals surface area contributed by atoms with E-state index >= 15 is 0 Å². The lowest BCUT2D eigenvalue weighted by molar-refractivity contribution is -0.121. The SMILES string of the molecule is CC(NC(=O)Cc1csc(Cc2ccccc2)n1)C(c1ccccc1)c1ccccc1. The predicted molar refractivity (Wildman–Crippen MR) is 127 cm³/mol. The van der Waals surface area contributed by atoms with E-state index in [9.17, 15) is 4.79 Å². The fourth-order valence-electron chi connectivity index (χ4n) is 3.93. The van der Waals surface area contributed by atoms with Crippen LogP contribution >= 0.6 is 11.3 Å². The number of rotatable bonds is 8. The number of thiazole rings is 1. The number of carbonyl (C=O) groups is 1. The van der Waals surface area contributed by atoms with Gasteiger partial charge in [0, 0.05) is 23.8 Å². The van der Waals surface area contributed by atoms with Gasteiger partial charge in [-0.3, -0.25) is 4.79 Å². The Morgan fingerprint density at radius 1 is 0.871 bits per heavy atom. The number of carbonyl (C=O) groups excluding carboxylic acids is 1. The molecule has 0 saturated heterocycles. The molecule has 0 radical (unpaired) electrons. The van der Waals surface area contributed by atoms with Crippen LogP contribution in [0, 0.1) is 0 Å². The van der Waals surface area contributed by atoms with E-state index < -0.39 is 0 Å². The first kappa shape index (κ1) is 21.0. The molecule has 4 rings (SSSR count). The number of amides is 1. The quantitative estimate of drug-likeness (QED) is 0.398. The molecule has 1 amide bonds. The average Bonchev–Trinajstić information content (AvgIpc) is 3.22. The zero-order chi connectivity index (χ0) is 21.5. The molecule has 156 valence electrons. The fraction of sp³-hybridized carbons (Fsp3) is 0.185. The number of nitrogens with zero attached hydrogens (tertiary/aromatic N) is 1. The molecule has 0 aliphatic heterocycles. The van der Waals surface area contributed by atoms with E-state index in [0.29, 0.717) is 6.42 Å². The van der Waals surface area contributed by atoms with Gasteiger partial charge in [0.2, 0.25) is 5.91 Å². The summed E-state index contributed by atoms with van der Waals surface area (Å²) in [6.07, 6.45) is 1.10. The van der Waals surface area contributed by atoms with E-state index in [0.717, 1.165) is 17.1 Å². The molecule has 31 heavy (non-hydrogen) atoms. The maximum atomic E-state index is 12.8. The van der Waals surface area contributed by atoms with Crippen LogP contribution in [0.1, 0.15) is 40.2 Å². The standard InChI is InChI=1S/C27H26N2OS/c1-20(27(22-13-7-3-8-14-22)23-15-9-4-10-16-23)28-25(30)18-24-19-31-26(29-24)17-21-11-5-2-6-12-21/h2-16,19-20,27H,17-18H2,1H3,(H,28,30). The smallest absolute Gasteiger partial charge is 0.226 e. The lowest BCUT2D eigenvalue weighted by atomic mass is 9.86. The topological polar surface area (TPSA) is 42.0 Å². The summed E-state index contributed by atoms with van der Waals surface area (Å²) < 4.78 is 0. The highest BCUT2D eigenvalue weighted by molar-refractivity contribution is 7.09. The van der Waals surface area contributed by atoms with Crippen molar-refractivity contribution in [2.75, 3.05) is 0 Å². The molecule has 0 aliphatic carbocycles. The van der Waals surface area contributed by atoms with E-state index in [2.05, 4.69) is 53.6 Å². The van der Waals surface area contributed by atoms with Gasteiger partial charge in [-0.1, -0.05) is 91.0 Å². The molecule has 0 fully saturated rings. The summed E-state index contributed by atoms with van der Waals surface area (Å²) in [6.45, 7) is 2.07. The Kier molecular flexibility index (Phi) is 6.90. The van der Waals surface area contributed by atoms with Crippen molar-refractivity contribution in [3.63, 3.8) is 0 Å². The van der Waals surface area contributed by atoms with Crippen molar-refractivity contribution < 1.29 is 4.79 Å². The molecular formula is C27H26N2OS. The van der Waals surface area contributed by atoms with E-state index in [1.54, 1.807) is 11.3 Å². The van der Waals surface area contributed by atoms with Crippen molar-refractivity contribution in [2.45, 2.75) is 31.7 Å². The van der Waals surface area contributed by atoms with Gasteiger partial charge in [-0.2, -0.15) is 0 Å². The molecule has 4 aromatic rings. The second kappa shape index (κ2) is 10.2. The van der Waals surface area contributed by atoms with Crippen LogP contribution in [-0.2, 0) is 17.6 Å². The van der Waals surface area contributed by atoms with Gasteiger partial charge in [0.25, 0.3) is 0 Å². The summed E-state index contributed by atoms with van der Waals surface area (Å²) >= 11 is 1.61. The molecule has 1 unspecified atom stereocenters. The Morgan fingerprint density at radius 2 is 1.42 bits per heavy atom. The lowest BCUT2D eigenvalue weighted by Gasteiger charge is -2.26. The minimum Gasteiger partial charge on any atom is -0.352 e. The van der Waals surface area contributed by atoms with Crippen molar-refractivity contribution in [2.24, 2.45) is 0 Å². The second-order valence-electron chi connectivity index (χ2n) is 7.73. The number of nitrogens with one attached hydrogen (secondary N) is 1. The zero-order valence-corrected chi connectivity index (χ0v) is 18.4. The van der Waals surface area contributed by atoms with Gasteiger partial charge in [0.15, 0.2) is 0 Å². The summed E-state index contributed by atoms with van der Waals surface area (Å²) in [5, 5.41) is 6.24. The average molecular weight is 427 g/mol. The van der Waals surface area contributed by atoms with Gasteiger partial charge in [0.05, 0.1) is 17.1 Å². The van der Waals surface area contributed by atoms with Crippen molar-refractivity contribution in [3.05, 3.63) is 124 Å². The van der Waals surface area contributed by atoms with E-state index in [1.165, 1.54) is 16.7 Å². The number of hydrogen-bond acceptors (Lipinski definition) is 3. The Morgan fingerprint density at radius 3 is 2.00 bits per heavy atom. The summed E-state index contributed by atoms with van der Waals surface area (Å²) in [7, 11) is 0. The third-order valence-electron chi connectivity index (χ3n) is 5.35. The van der Waals surface area contributed by atoms with Crippen molar-refractivity contribution in [1.29, 1.82) is 0 Å². The maximum absolute atomic E-state index is 12.8. The van der Waals surface area contributed by atoms with Gasteiger partial charge in [0.1, 0.15) is 0 Å². The highest BCUT2D eigenvalue weighted by Crippen LogP contribution is 2.28. The monoisotopic (exact) mass is 426 g/mol. The minimum atomic E-state index is -0.0419. The van der Waals surface area contributed by atoms with E-state index in [4.69, 9.17) is 0 Å². The predicted octanol–water partition coefficient (Wildman–Crippen LogP) is 5.61. The Balaban J connectivity index is 1.42. The molecular weight excluding hydrogens is 400 g/mol. The van der Waals surface area contributed by atoms with Crippen molar-refractivity contribution >= 4 is 17.2 Å². The summed E-state index contributed by atoms with van der Waals surface area (Å²) in [5.74, 6) is 0.0938. The van der Waals surface area contributed by atoms with Gasteiger partial charge in [-0.25, -0.2) is 4.98 Å². The van der Waals surface area contributed by atoms with Crippen LogP contribution in [0.4, 0.5) is 0 Å². The first-order valence-corrected chi connectivity index (χ1v) is 11.4. The number of benzene rings is 3. The molecule has 4 heteroatoms. The molecule has 3 aromatic carbocycles. The van der Waals surface area contributed by atoms with Crippen molar-refractivity contribution in [1.82, 2.24) is 10.3 Å². The Bertz CT molecular complexity index is 1050. The summed E-state index contributed by atoms with van der Waals surface area (Å²) in [5.41, 5.74) is 4.45. The molecule has 1 N–H and O–H groups in total. The minimum absolute atomic E-state index is 0.000855. The summed E-state index contributed by atoms with van der Waals surface area (Å²) in [6, 6.07) is 30.9. The van der Waals surface area contributed by atoms with Crippen LogP contribution in [0.15, 0.2) is 96.4 Å². The van der Waals surface area contributed by atoms with Gasteiger partial charge < -0.3 is 5.32 Å². The van der Waals surface area contributed by atoms with Crippen LogP contribution in [0.25, 0.3) is 0 Å². The zero-order valence-electron chi connectivity index (χ0n) is 17.6. The van der Waals surface area contributed by atoms with Gasteiger partial charge in [-0.05, 0) is 23.6 Å². The fourth-order valence-corrected chi connectivity index (χ4v) is 4.75. The highest BCUT2D eigenvalue weighted by atomic mass is 32.1. The first-order valence-electron chi connectivity index (χ1n) is 10.6. The molecule has 1 aromatic heterocycles. The van der Waals surface area contributed by atoms with Crippen LogP contribution < -0.4 is 5.32 Å². The van der Waals surface area contributed by atoms with E-state index in [-0.39, 0.29) is 17.9 Å². The van der Waals surface area contributed by atoms with Crippen LogP contribution in [0.3, 0.4) is 0 Å². The molecule has 0 bridgehead atoms. The van der Waals surface area contributed by atoms with Gasteiger partial charge >= 0.3 is 0 Å². The third kappa shape index (κ3) is 5.68. The second-order valence-corrected chi connectivity index (χ2v) is 8.67. The number of hydrogen-bond donors (Lipinski definition) is 1. The molecule has 0 saturated carbocycles. The Hall–Kier alpha value is -3.24.